The van der Waals surface area contributed by atoms with E-state index in [-0.39, 0.29) is 25.7 Å². The maximum absolute atomic E-state index is 13.0. The summed E-state index contributed by atoms with van der Waals surface area (Å²) in [6.07, 6.45) is 39.2. The van der Waals surface area contributed by atoms with Crippen molar-refractivity contribution >= 4 is 39.5 Å². The maximum Gasteiger partial charge on any atom is 0.472 e. The number of aliphatic hydroxyl groups excluding tert-OH is 1. The van der Waals surface area contributed by atoms with Crippen LogP contribution in [-0.2, 0) is 65.4 Å². The second kappa shape index (κ2) is 56.6. The van der Waals surface area contributed by atoms with Crippen molar-refractivity contribution in [1.82, 2.24) is 0 Å². The Balaban J connectivity index is 5.15. The molecule has 0 aliphatic carbocycles. The minimum Gasteiger partial charge on any atom is -0.462 e. The van der Waals surface area contributed by atoms with E-state index in [1.54, 1.807) is 0 Å². The fourth-order valence-corrected chi connectivity index (χ4v) is 11.1. The molecule has 0 aromatic heterocycles. The van der Waals surface area contributed by atoms with Gasteiger partial charge in [0.15, 0.2) is 12.2 Å². The molecule has 0 radical (unpaired) electrons. The third kappa shape index (κ3) is 57.6. The molecule has 0 amide bonds. The molecule has 0 heterocycles. The van der Waals surface area contributed by atoms with Gasteiger partial charge in [0.2, 0.25) is 0 Å². The van der Waals surface area contributed by atoms with Crippen molar-refractivity contribution in [3.63, 3.8) is 0 Å². The molecule has 0 rings (SSSR count). The number of aliphatic hydroxyl groups is 1. The second-order valence-electron chi connectivity index (χ2n) is 23.9. The second-order valence-corrected chi connectivity index (χ2v) is 26.8. The summed E-state index contributed by atoms with van der Waals surface area (Å²) in [6, 6.07) is 0. The summed E-state index contributed by atoms with van der Waals surface area (Å²) >= 11 is 0. The number of carbonyl (C=O) groups excluding carboxylic acids is 4. The molecule has 0 aromatic rings. The third-order valence-corrected chi connectivity index (χ3v) is 17.0. The highest BCUT2D eigenvalue weighted by atomic mass is 31.2. The van der Waals surface area contributed by atoms with Gasteiger partial charge in [0.05, 0.1) is 26.4 Å². The molecule has 0 aromatic carbocycles. The molecule has 492 valence electrons. The van der Waals surface area contributed by atoms with Crippen molar-refractivity contribution in [2.75, 3.05) is 39.6 Å². The number of ether oxygens (including phenoxy) is 4. The molecular weight excluding hydrogens is 1100 g/mol. The molecule has 0 bridgehead atoms. The van der Waals surface area contributed by atoms with Crippen LogP contribution in [0.25, 0.3) is 0 Å². The predicted octanol–water partition coefficient (Wildman–Crippen LogP) is 17.7. The molecule has 0 aliphatic rings. The van der Waals surface area contributed by atoms with E-state index < -0.39 is 97.5 Å². The average Bonchev–Trinajstić information content (AvgIpc) is 3.46. The molecule has 17 nitrogen and oxygen atoms in total. The molecule has 0 saturated heterocycles. The number of hydrogen-bond acceptors (Lipinski definition) is 15. The lowest BCUT2D eigenvalue weighted by Gasteiger charge is -2.21. The predicted molar refractivity (Wildman–Crippen MR) is 331 cm³/mol. The summed E-state index contributed by atoms with van der Waals surface area (Å²) in [5, 5.41) is 10.5. The lowest BCUT2D eigenvalue weighted by molar-refractivity contribution is -0.161. The molecule has 6 atom stereocenters. The normalized spacial score (nSPS) is 14.6. The highest BCUT2D eigenvalue weighted by Crippen LogP contribution is 2.45. The molecule has 0 spiro atoms. The molecule has 83 heavy (non-hydrogen) atoms. The van der Waals surface area contributed by atoms with Gasteiger partial charge in [-0.15, -0.1) is 0 Å². The van der Waals surface area contributed by atoms with Crippen LogP contribution in [0.4, 0.5) is 0 Å². The van der Waals surface area contributed by atoms with E-state index in [4.69, 9.17) is 37.0 Å². The number of carbonyl (C=O) groups is 4. The van der Waals surface area contributed by atoms with Crippen molar-refractivity contribution in [3.05, 3.63) is 0 Å². The van der Waals surface area contributed by atoms with Gasteiger partial charge in [0.1, 0.15) is 19.3 Å². The Hall–Kier alpha value is -1.94. The minimum absolute atomic E-state index is 0.103. The van der Waals surface area contributed by atoms with Gasteiger partial charge in [-0.2, -0.15) is 0 Å². The van der Waals surface area contributed by atoms with E-state index in [2.05, 4.69) is 41.5 Å². The summed E-state index contributed by atoms with van der Waals surface area (Å²) in [6.45, 7) is 9.43. The van der Waals surface area contributed by atoms with E-state index >= 15 is 0 Å². The molecule has 0 saturated carbocycles. The number of phosphoric ester groups is 2. The Labute approximate surface area is 505 Å². The Bertz CT molecular complexity index is 1630. The van der Waals surface area contributed by atoms with Crippen molar-refractivity contribution in [3.8, 4) is 0 Å². The SMILES string of the molecule is CCCCCCCCCC(=O)OC[C@H](COP(=O)(O)OC[C@H](O)COP(=O)(O)OC[C@@H](COC(=O)CCCCCCCCCCC(C)C)OC(=O)CCCCCCCCCCCCCCCCC(C)CC)OC(=O)CCCCCCCCC. The number of unbranched alkanes of at least 4 members (excludes halogenated alkanes) is 32. The van der Waals surface area contributed by atoms with Crippen LogP contribution >= 0.6 is 15.6 Å². The lowest BCUT2D eigenvalue weighted by atomic mass is 9.99. The van der Waals surface area contributed by atoms with Crippen LogP contribution in [-0.4, -0.2) is 96.7 Å². The Kier molecular flexibility index (Phi) is 55.2. The highest BCUT2D eigenvalue weighted by Gasteiger charge is 2.30. The minimum atomic E-state index is -4.94. The topological polar surface area (TPSA) is 237 Å². The average molecular weight is 1230 g/mol. The number of esters is 4. The summed E-state index contributed by atoms with van der Waals surface area (Å²) < 4.78 is 67.8. The Morgan fingerprint density at radius 3 is 0.916 bits per heavy atom. The van der Waals surface area contributed by atoms with Gasteiger partial charge < -0.3 is 33.8 Å². The van der Waals surface area contributed by atoms with Crippen LogP contribution in [0.1, 0.15) is 318 Å². The van der Waals surface area contributed by atoms with Crippen molar-refractivity contribution in [2.24, 2.45) is 11.8 Å². The first kappa shape index (κ1) is 81.1. The van der Waals surface area contributed by atoms with E-state index in [1.165, 1.54) is 109 Å². The first-order chi connectivity index (χ1) is 39.9. The number of hydrogen-bond donors (Lipinski definition) is 3. The molecular formula is C64H124O17P2. The lowest BCUT2D eigenvalue weighted by Crippen LogP contribution is -2.30. The fourth-order valence-electron chi connectivity index (χ4n) is 9.50. The van der Waals surface area contributed by atoms with Gasteiger partial charge in [-0.25, -0.2) is 9.13 Å². The Morgan fingerprint density at radius 1 is 0.349 bits per heavy atom. The highest BCUT2D eigenvalue weighted by molar-refractivity contribution is 7.47. The van der Waals surface area contributed by atoms with E-state index in [1.807, 2.05) is 0 Å². The first-order valence-electron chi connectivity index (χ1n) is 33.5. The fraction of sp³-hybridized carbons (Fsp3) is 0.938. The van der Waals surface area contributed by atoms with Crippen molar-refractivity contribution in [2.45, 2.75) is 336 Å². The van der Waals surface area contributed by atoms with Gasteiger partial charge in [-0.1, -0.05) is 266 Å². The van der Waals surface area contributed by atoms with Crippen LogP contribution in [0.15, 0.2) is 0 Å². The standard InChI is InChI=1S/C64H124O17P2/c1-7-10-12-14-26-34-40-46-61(66)74-52-59(80-63(68)48-42-36-27-15-13-11-8-2)54-78-82(70,71)76-50-58(65)51-77-83(72,73)79-55-60(53-75-62(67)47-41-35-30-25-24-28-32-38-44-56(4)5)81-64(69)49-43-37-31-23-21-19-17-16-18-20-22-29-33-39-45-57(6)9-3/h56-60,65H,7-55H2,1-6H3,(H,70,71)(H,72,73)/t57?,58-,59+,60+/m0/s1. The molecule has 0 aliphatic heterocycles. The van der Waals surface area contributed by atoms with E-state index in [0.717, 1.165) is 127 Å². The molecule has 3 N–H and O–H groups in total. The monoisotopic (exact) mass is 1230 g/mol. The van der Waals surface area contributed by atoms with Gasteiger partial charge in [0.25, 0.3) is 0 Å². The van der Waals surface area contributed by atoms with Crippen LogP contribution < -0.4 is 0 Å². The van der Waals surface area contributed by atoms with Crippen molar-refractivity contribution < 1.29 is 80.2 Å². The zero-order chi connectivity index (χ0) is 61.5. The molecule has 3 unspecified atom stereocenters. The largest absolute Gasteiger partial charge is 0.472 e. The summed E-state index contributed by atoms with van der Waals surface area (Å²) in [7, 11) is -9.88. The number of phosphoric acid groups is 2. The van der Waals surface area contributed by atoms with Gasteiger partial charge >= 0.3 is 39.5 Å². The summed E-state index contributed by atoms with van der Waals surface area (Å²) in [5.41, 5.74) is 0. The third-order valence-electron chi connectivity index (χ3n) is 15.1. The van der Waals surface area contributed by atoms with Crippen LogP contribution in [0.2, 0.25) is 0 Å². The molecule has 0 fully saturated rings. The van der Waals surface area contributed by atoms with E-state index in [0.29, 0.717) is 25.7 Å². The van der Waals surface area contributed by atoms with Gasteiger partial charge in [-0.3, -0.25) is 37.3 Å². The zero-order valence-corrected chi connectivity index (χ0v) is 55.3. The zero-order valence-electron chi connectivity index (χ0n) is 53.5. The Morgan fingerprint density at radius 2 is 0.614 bits per heavy atom. The van der Waals surface area contributed by atoms with Crippen LogP contribution in [0, 0.1) is 11.8 Å². The van der Waals surface area contributed by atoms with Crippen molar-refractivity contribution in [1.29, 1.82) is 0 Å². The van der Waals surface area contributed by atoms with Gasteiger partial charge in [0, 0.05) is 25.7 Å². The quantitative estimate of drug-likeness (QED) is 0.0222. The smallest absolute Gasteiger partial charge is 0.462 e. The summed E-state index contributed by atoms with van der Waals surface area (Å²) in [5.74, 6) is -0.571. The molecule has 19 heteroatoms. The number of rotatable bonds is 63. The van der Waals surface area contributed by atoms with E-state index in [9.17, 15) is 43.2 Å². The van der Waals surface area contributed by atoms with Crippen LogP contribution in [0.3, 0.4) is 0 Å². The first-order valence-corrected chi connectivity index (χ1v) is 36.5. The summed E-state index contributed by atoms with van der Waals surface area (Å²) in [4.78, 5) is 72.0. The van der Waals surface area contributed by atoms with Crippen LogP contribution in [0.5, 0.6) is 0 Å². The maximum atomic E-state index is 13.0. The van der Waals surface area contributed by atoms with Gasteiger partial charge in [-0.05, 0) is 37.5 Å².